The molecule has 1 heterocycles. The van der Waals surface area contributed by atoms with E-state index in [1.54, 1.807) is 18.8 Å². The van der Waals surface area contributed by atoms with Gasteiger partial charge in [-0.05, 0) is 0 Å². The first-order valence-corrected chi connectivity index (χ1v) is 10.1. The number of nitrogens with zero attached hydrogens (tertiary/aromatic N) is 1. The van der Waals surface area contributed by atoms with Gasteiger partial charge in [0.1, 0.15) is 0 Å². The molecule has 0 radical (unpaired) electrons. The Bertz CT molecular complexity index is 148. The first-order valence-electron chi connectivity index (χ1n) is 3.62. The quantitative estimate of drug-likeness (QED) is 0.707. The van der Waals surface area contributed by atoms with Gasteiger partial charge in [0.05, 0.1) is 0 Å². The third kappa shape index (κ3) is 2.58. The average Bonchev–Trinajstić information content (AvgIpc) is 1.88. The second-order valence-electron chi connectivity index (χ2n) is 3.00. The van der Waals surface area contributed by atoms with Gasteiger partial charge in [-0.15, -0.1) is 0 Å². The summed E-state index contributed by atoms with van der Waals surface area (Å²) in [6.07, 6.45) is 0. The molecule has 4 heteroatoms. The Morgan fingerprint density at radius 3 is 2.10 bits per heavy atom. The van der Waals surface area contributed by atoms with Crippen LogP contribution in [0.4, 0.5) is 0 Å². The molecule has 1 aliphatic heterocycles. The van der Waals surface area contributed by atoms with E-state index in [-0.39, 0.29) is 0 Å². The van der Waals surface area contributed by atoms with E-state index in [4.69, 9.17) is 0 Å². The fourth-order valence-corrected chi connectivity index (χ4v) is 4.06. The van der Waals surface area contributed by atoms with Crippen LogP contribution in [0.1, 0.15) is 0 Å². The molecule has 0 aromatic carbocycles. The molecule has 0 aromatic rings. The minimum atomic E-state index is -0.614. The van der Waals surface area contributed by atoms with Crippen LogP contribution in [0.25, 0.3) is 0 Å². The van der Waals surface area contributed by atoms with Crippen LogP contribution in [-0.4, -0.2) is 44.2 Å². The van der Waals surface area contributed by atoms with Gasteiger partial charge in [0.2, 0.25) is 0 Å². The Morgan fingerprint density at radius 2 is 1.80 bits per heavy atom. The van der Waals surface area contributed by atoms with Gasteiger partial charge < -0.3 is 0 Å². The zero-order chi connectivity index (χ0) is 7.61. The SMILES string of the molecule is C[P](C)(=[W])N1CCNCC1. The van der Waals surface area contributed by atoms with E-state index < -0.39 is 5.05 Å². The molecular formula is C6H15N2PW. The van der Waals surface area contributed by atoms with Crippen molar-refractivity contribution in [2.45, 2.75) is 0 Å². The molecule has 10 heavy (non-hydrogen) atoms. The molecule has 0 spiro atoms. The standard InChI is InChI=1S/C6H15N2P.W/c1-9(2)8-5-3-7-4-6-8;/h7H,3-6H2,1-2H3;. The van der Waals surface area contributed by atoms with E-state index in [1.807, 2.05) is 0 Å². The number of piperazine rings is 1. The first-order chi connectivity index (χ1) is 4.61. The van der Waals surface area contributed by atoms with Crippen molar-refractivity contribution in [1.82, 2.24) is 9.99 Å². The van der Waals surface area contributed by atoms with E-state index in [1.165, 1.54) is 26.2 Å². The van der Waals surface area contributed by atoms with Crippen LogP contribution < -0.4 is 5.32 Å². The van der Waals surface area contributed by atoms with Crippen LogP contribution in [0, 0.1) is 0 Å². The molecule has 0 aromatic heterocycles. The van der Waals surface area contributed by atoms with Crippen LogP contribution in [0.2, 0.25) is 0 Å². The molecule has 0 atom stereocenters. The Labute approximate surface area is 73.5 Å². The van der Waals surface area contributed by atoms with Crippen molar-refractivity contribution in [2.75, 3.05) is 39.5 Å². The summed E-state index contributed by atoms with van der Waals surface area (Å²) >= 11 is 1.78. The maximum atomic E-state index is 3.37. The Hall–Kier alpha value is 1.04. The van der Waals surface area contributed by atoms with Gasteiger partial charge in [-0.3, -0.25) is 0 Å². The van der Waals surface area contributed by atoms with Crippen LogP contribution in [0.3, 0.4) is 0 Å². The zero-order valence-electron chi connectivity index (χ0n) is 6.63. The number of nitrogens with one attached hydrogen (secondary N) is 1. The Balaban J connectivity index is 2.47. The van der Waals surface area contributed by atoms with E-state index in [2.05, 4.69) is 23.3 Å². The van der Waals surface area contributed by atoms with Crippen LogP contribution in [-0.2, 0) is 18.8 Å². The number of hydrogen-bond donors (Lipinski definition) is 1. The molecule has 0 unspecified atom stereocenters. The fraction of sp³-hybridized carbons (Fsp3) is 1.00. The van der Waals surface area contributed by atoms with Crippen molar-refractivity contribution in [1.29, 1.82) is 0 Å². The molecule has 2 nitrogen and oxygen atoms in total. The van der Waals surface area contributed by atoms with Gasteiger partial charge in [-0.1, -0.05) is 0 Å². The summed E-state index contributed by atoms with van der Waals surface area (Å²) in [4.78, 5) is 0. The van der Waals surface area contributed by atoms with Gasteiger partial charge in [0.25, 0.3) is 0 Å². The third-order valence-electron chi connectivity index (χ3n) is 1.77. The second-order valence-corrected chi connectivity index (χ2v) is 15.8. The summed E-state index contributed by atoms with van der Waals surface area (Å²) in [6.45, 7) is 9.77. The summed E-state index contributed by atoms with van der Waals surface area (Å²) in [5.74, 6) is 0. The third-order valence-corrected chi connectivity index (χ3v) is 6.03. The van der Waals surface area contributed by atoms with Crippen molar-refractivity contribution in [3.8, 4) is 0 Å². The summed E-state index contributed by atoms with van der Waals surface area (Å²) in [6, 6.07) is 0. The van der Waals surface area contributed by atoms with Crippen LogP contribution in [0.15, 0.2) is 0 Å². The maximum absolute atomic E-state index is 3.37. The topological polar surface area (TPSA) is 15.3 Å². The van der Waals surface area contributed by atoms with Gasteiger partial charge in [-0.25, -0.2) is 0 Å². The predicted molar refractivity (Wildman–Crippen MR) is 43.2 cm³/mol. The van der Waals surface area contributed by atoms with Gasteiger partial charge in [0.15, 0.2) is 0 Å². The van der Waals surface area contributed by atoms with Crippen molar-refractivity contribution >= 4 is 5.05 Å². The molecule has 0 saturated carbocycles. The van der Waals surface area contributed by atoms with E-state index in [9.17, 15) is 0 Å². The summed E-state index contributed by atoms with van der Waals surface area (Å²) in [7, 11) is 0. The average molecular weight is 330 g/mol. The summed E-state index contributed by atoms with van der Waals surface area (Å²) in [5.41, 5.74) is 0. The Kier molecular flexibility index (Phi) is 3.31. The van der Waals surface area contributed by atoms with E-state index >= 15 is 0 Å². The van der Waals surface area contributed by atoms with Gasteiger partial charge >= 0.3 is 73.4 Å². The molecular weight excluding hydrogens is 315 g/mol. The fourth-order valence-electron chi connectivity index (χ4n) is 1.13. The van der Waals surface area contributed by atoms with Gasteiger partial charge in [0, 0.05) is 0 Å². The summed E-state index contributed by atoms with van der Waals surface area (Å²) < 4.78 is 2.67. The monoisotopic (exact) mass is 330 g/mol. The first kappa shape index (κ1) is 9.13. The second kappa shape index (κ2) is 3.63. The Morgan fingerprint density at radius 1 is 1.30 bits per heavy atom. The molecule has 1 aliphatic rings. The normalized spacial score (nSPS) is 23.0. The van der Waals surface area contributed by atoms with Gasteiger partial charge in [-0.2, -0.15) is 0 Å². The van der Waals surface area contributed by atoms with Crippen molar-refractivity contribution in [3.05, 3.63) is 0 Å². The molecule has 60 valence electrons. The molecule has 1 rings (SSSR count). The zero-order valence-corrected chi connectivity index (χ0v) is 10.5. The molecule has 1 fully saturated rings. The summed E-state index contributed by atoms with van der Waals surface area (Å²) in [5, 5.41) is 2.76. The number of hydrogen-bond acceptors (Lipinski definition) is 2. The van der Waals surface area contributed by atoms with Crippen molar-refractivity contribution in [2.24, 2.45) is 0 Å². The van der Waals surface area contributed by atoms with Crippen LogP contribution >= 0.6 is 5.05 Å². The van der Waals surface area contributed by atoms with E-state index in [0.29, 0.717) is 0 Å². The predicted octanol–water partition coefficient (Wildman–Crippen LogP) is 0.546. The molecule has 0 amide bonds. The van der Waals surface area contributed by atoms with Crippen LogP contribution in [0.5, 0.6) is 0 Å². The minimum absolute atomic E-state index is 0.614. The number of rotatable bonds is 1. The molecule has 0 aliphatic carbocycles. The molecule has 1 N–H and O–H groups in total. The van der Waals surface area contributed by atoms with Crippen molar-refractivity contribution in [3.63, 3.8) is 0 Å². The van der Waals surface area contributed by atoms with E-state index in [0.717, 1.165) is 0 Å². The molecule has 1 saturated heterocycles. The van der Waals surface area contributed by atoms with Crippen molar-refractivity contribution < 1.29 is 18.8 Å². The molecule has 0 bridgehead atoms.